The van der Waals surface area contributed by atoms with Crippen molar-refractivity contribution < 1.29 is 27.9 Å². The van der Waals surface area contributed by atoms with Crippen molar-refractivity contribution in [2.75, 3.05) is 18.8 Å². The summed E-state index contributed by atoms with van der Waals surface area (Å²) in [7, 11) is 0. The topological polar surface area (TPSA) is 57.6 Å². The normalized spacial score (nSPS) is 21.5. The number of hydrogen-bond acceptors (Lipinski definition) is 3. The molecule has 23 heavy (non-hydrogen) atoms. The maximum absolute atomic E-state index is 12.2. The molecular formula is C14H13ClF3NO3S. The van der Waals surface area contributed by atoms with Crippen LogP contribution in [0.5, 0.6) is 0 Å². The van der Waals surface area contributed by atoms with E-state index in [1.165, 1.54) is 4.90 Å². The van der Waals surface area contributed by atoms with Crippen LogP contribution in [0.25, 0.3) is 0 Å². The smallest absolute Gasteiger partial charge is 0.442 e. The van der Waals surface area contributed by atoms with Gasteiger partial charge in [0.25, 0.3) is 0 Å². The van der Waals surface area contributed by atoms with E-state index in [-0.39, 0.29) is 13.1 Å². The molecule has 0 aromatic heterocycles. The highest BCUT2D eigenvalue weighted by Gasteiger charge is 2.41. The number of rotatable bonds is 4. The summed E-state index contributed by atoms with van der Waals surface area (Å²) in [6, 6.07) is 6.56. The van der Waals surface area contributed by atoms with Gasteiger partial charge in [0, 0.05) is 24.0 Å². The summed E-state index contributed by atoms with van der Waals surface area (Å²) in [6.07, 6.45) is 0. The van der Waals surface area contributed by atoms with Crippen molar-refractivity contribution in [2.24, 2.45) is 5.92 Å². The number of carboxylic acid groups (broad SMARTS) is 1. The van der Waals surface area contributed by atoms with Gasteiger partial charge in [0.1, 0.15) is 0 Å². The van der Waals surface area contributed by atoms with Crippen LogP contribution in [0, 0.1) is 5.92 Å². The Hall–Kier alpha value is -1.41. The summed E-state index contributed by atoms with van der Waals surface area (Å²) in [5.74, 6) is -3.86. The molecule has 1 aliphatic heterocycles. The maximum atomic E-state index is 12.2. The second kappa shape index (κ2) is 7.00. The minimum atomic E-state index is -4.49. The third-order valence-electron chi connectivity index (χ3n) is 3.65. The van der Waals surface area contributed by atoms with Crippen LogP contribution in [0.3, 0.4) is 0 Å². The predicted molar refractivity (Wildman–Crippen MR) is 80.4 cm³/mol. The van der Waals surface area contributed by atoms with E-state index in [0.717, 1.165) is 0 Å². The molecule has 1 amide bonds. The second-order valence-electron chi connectivity index (χ2n) is 5.14. The average molecular weight is 368 g/mol. The fourth-order valence-electron chi connectivity index (χ4n) is 2.54. The summed E-state index contributed by atoms with van der Waals surface area (Å²) in [6.45, 7) is -0.0181. The van der Waals surface area contributed by atoms with Crippen molar-refractivity contribution >= 4 is 35.2 Å². The van der Waals surface area contributed by atoms with Gasteiger partial charge in [-0.2, -0.15) is 13.2 Å². The van der Waals surface area contributed by atoms with Crippen LogP contribution in [0.4, 0.5) is 13.2 Å². The van der Waals surface area contributed by atoms with Gasteiger partial charge < -0.3 is 10.0 Å². The van der Waals surface area contributed by atoms with E-state index < -0.39 is 46.7 Å². The number of carbonyl (C=O) groups excluding carboxylic acids is 1. The number of hydrogen-bond donors (Lipinski definition) is 1. The second-order valence-corrected chi connectivity index (χ2v) is 6.61. The lowest BCUT2D eigenvalue weighted by Gasteiger charge is -2.17. The molecule has 126 valence electrons. The minimum Gasteiger partial charge on any atom is -0.481 e. The molecule has 9 heteroatoms. The molecule has 2 atom stereocenters. The predicted octanol–water partition coefficient (Wildman–Crippen LogP) is 3.22. The molecule has 0 bridgehead atoms. The summed E-state index contributed by atoms with van der Waals surface area (Å²) in [4.78, 5) is 24.4. The van der Waals surface area contributed by atoms with Crippen molar-refractivity contribution in [1.82, 2.24) is 4.90 Å². The van der Waals surface area contributed by atoms with Gasteiger partial charge in [0.15, 0.2) is 0 Å². The molecule has 1 saturated heterocycles. The van der Waals surface area contributed by atoms with E-state index in [1.54, 1.807) is 24.3 Å². The Morgan fingerprint density at radius 3 is 2.39 bits per heavy atom. The maximum Gasteiger partial charge on any atom is 0.442 e. The molecular weight excluding hydrogens is 355 g/mol. The molecule has 0 saturated carbocycles. The van der Waals surface area contributed by atoms with Crippen molar-refractivity contribution in [2.45, 2.75) is 11.4 Å². The fourth-order valence-corrected chi connectivity index (χ4v) is 3.14. The van der Waals surface area contributed by atoms with Gasteiger partial charge in [-0.1, -0.05) is 23.7 Å². The lowest BCUT2D eigenvalue weighted by Crippen LogP contribution is -2.32. The Bertz CT molecular complexity index is 594. The molecule has 1 fully saturated rings. The lowest BCUT2D eigenvalue weighted by molar-refractivity contribution is -0.141. The molecule has 0 radical (unpaired) electrons. The first-order chi connectivity index (χ1) is 10.7. The monoisotopic (exact) mass is 367 g/mol. The third-order valence-corrected chi connectivity index (χ3v) is 4.62. The standard InChI is InChI=1S/C14H13ClF3NO3S/c15-9-3-1-8(2-4-9)10-5-19(6-11(10)13(21)22)12(20)7-23-14(16,17)18/h1-4,10-11H,5-7H2,(H,21,22)/t10-,11+/m0/s1. The first kappa shape index (κ1) is 17.9. The first-order valence-corrected chi connectivity index (χ1v) is 8.00. The molecule has 1 heterocycles. The Balaban J connectivity index is 2.10. The van der Waals surface area contributed by atoms with Crippen LogP contribution in [0.2, 0.25) is 5.02 Å². The van der Waals surface area contributed by atoms with Crippen LogP contribution in [0.1, 0.15) is 11.5 Å². The Kier molecular flexibility index (Phi) is 5.46. The zero-order chi connectivity index (χ0) is 17.2. The molecule has 1 aliphatic rings. The van der Waals surface area contributed by atoms with E-state index in [4.69, 9.17) is 11.6 Å². The number of halogens is 4. The zero-order valence-corrected chi connectivity index (χ0v) is 13.3. The van der Waals surface area contributed by atoms with E-state index in [2.05, 4.69) is 0 Å². The Morgan fingerprint density at radius 2 is 1.87 bits per heavy atom. The van der Waals surface area contributed by atoms with Gasteiger partial charge in [-0.05, 0) is 29.5 Å². The number of thioether (sulfide) groups is 1. The average Bonchev–Trinajstić information content (AvgIpc) is 2.90. The number of carbonyl (C=O) groups is 2. The van der Waals surface area contributed by atoms with Crippen LogP contribution < -0.4 is 0 Å². The van der Waals surface area contributed by atoms with Crippen LogP contribution in [0.15, 0.2) is 24.3 Å². The van der Waals surface area contributed by atoms with E-state index in [0.29, 0.717) is 10.6 Å². The van der Waals surface area contributed by atoms with E-state index >= 15 is 0 Å². The summed E-state index contributed by atoms with van der Waals surface area (Å²) >= 11 is 5.37. The highest BCUT2D eigenvalue weighted by Crippen LogP contribution is 2.35. The summed E-state index contributed by atoms with van der Waals surface area (Å²) < 4.78 is 36.5. The Labute approximate surface area is 139 Å². The van der Waals surface area contributed by atoms with Gasteiger partial charge in [0.05, 0.1) is 11.7 Å². The SMILES string of the molecule is O=C(O)[C@@H]1CN(C(=O)CSC(F)(F)F)C[C@H]1c1ccc(Cl)cc1. The molecule has 2 rings (SSSR count). The van der Waals surface area contributed by atoms with Crippen molar-refractivity contribution in [1.29, 1.82) is 0 Å². The van der Waals surface area contributed by atoms with Crippen LogP contribution in [-0.4, -0.2) is 46.2 Å². The van der Waals surface area contributed by atoms with Gasteiger partial charge >= 0.3 is 11.5 Å². The number of carboxylic acids is 1. The van der Waals surface area contributed by atoms with Gasteiger partial charge in [-0.15, -0.1) is 0 Å². The lowest BCUT2D eigenvalue weighted by atomic mass is 9.89. The fraction of sp³-hybridized carbons (Fsp3) is 0.429. The van der Waals surface area contributed by atoms with Gasteiger partial charge in [0.2, 0.25) is 5.91 Å². The number of likely N-dealkylation sites (tertiary alicyclic amines) is 1. The van der Waals surface area contributed by atoms with Crippen LogP contribution in [-0.2, 0) is 9.59 Å². The molecule has 0 aliphatic carbocycles. The van der Waals surface area contributed by atoms with Crippen molar-refractivity contribution in [3.8, 4) is 0 Å². The van der Waals surface area contributed by atoms with Crippen molar-refractivity contribution in [3.05, 3.63) is 34.9 Å². The van der Waals surface area contributed by atoms with Gasteiger partial charge in [-0.25, -0.2) is 0 Å². The number of nitrogens with zero attached hydrogens (tertiary/aromatic N) is 1. The summed E-state index contributed by atoms with van der Waals surface area (Å²) in [5.41, 5.74) is -3.79. The highest BCUT2D eigenvalue weighted by atomic mass is 35.5. The molecule has 1 N–H and O–H groups in total. The van der Waals surface area contributed by atoms with Gasteiger partial charge in [-0.3, -0.25) is 9.59 Å². The van der Waals surface area contributed by atoms with E-state index in [9.17, 15) is 27.9 Å². The molecule has 1 aromatic rings. The zero-order valence-electron chi connectivity index (χ0n) is 11.7. The number of aliphatic carboxylic acids is 1. The molecule has 0 unspecified atom stereocenters. The molecule has 1 aromatic carbocycles. The largest absolute Gasteiger partial charge is 0.481 e. The Morgan fingerprint density at radius 1 is 1.26 bits per heavy atom. The van der Waals surface area contributed by atoms with Crippen molar-refractivity contribution in [3.63, 3.8) is 0 Å². The van der Waals surface area contributed by atoms with E-state index in [1.807, 2.05) is 0 Å². The number of amides is 1. The third kappa shape index (κ3) is 4.78. The number of benzene rings is 1. The quantitative estimate of drug-likeness (QED) is 0.887. The first-order valence-electron chi connectivity index (χ1n) is 6.64. The number of alkyl halides is 3. The highest BCUT2D eigenvalue weighted by molar-refractivity contribution is 8.00. The summed E-state index contributed by atoms with van der Waals surface area (Å²) in [5, 5.41) is 9.80. The molecule has 4 nitrogen and oxygen atoms in total. The van der Waals surface area contributed by atoms with Crippen LogP contribution >= 0.6 is 23.4 Å². The molecule has 0 spiro atoms. The minimum absolute atomic E-state index is 0.0792.